The maximum Gasteiger partial charge on any atom is 0.135 e. The van der Waals surface area contributed by atoms with Gasteiger partial charge in [-0.1, -0.05) is 80.7 Å². The highest BCUT2D eigenvalue weighted by atomic mass is 28.3. The first-order valence-corrected chi connectivity index (χ1v) is 15.9. The van der Waals surface area contributed by atoms with Gasteiger partial charge in [0.1, 0.15) is 8.07 Å². The fraction of sp³-hybridized carbons (Fsp3) is 0.188. The van der Waals surface area contributed by atoms with Crippen LogP contribution in [0.4, 0.5) is 17.1 Å². The summed E-state index contributed by atoms with van der Waals surface area (Å²) in [7, 11) is -1.97. The molecule has 6 rings (SSSR count). The SMILES string of the molecule is Cc1cc(-c2ccc3c(c2)N(c2cccc([Si](C)(C)c4ccccn4)c2)c2ccccc2C3(C)C)n[nH]1. The number of H-pyrrole nitrogens is 1. The Morgan fingerprint density at radius 2 is 1.57 bits per heavy atom. The van der Waals surface area contributed by atoms with E-state index in [1.807, 2.05) is 19.2 Å². The first-order chi connectivity index (χ1) is 17.8. The van der Waals surface area contributed by atoms with E-state index >= 15 is 0 Å². The molecule has 0 saturated heterocycles. The number of benzene rings is 3. The van der Waals surface area contributed by atoms with E-state index in [0.29, 0.717) is 0 Å². The molecule has 0 fully saturated rings. The summed E-state index contributed by atoms with van der Waals surface area (Å²) in [5, 5.41) is 10.2. The predicted octanol–water partition coefficient (Wildman–Crippen LogP) is 6.71. The Morgan fingerprint density at radius 3 is 2.32 bits per heavy atom. The highest BCUT2D eigenvalue weighted by Crippen LogP contribution is 2.52. The summed E-state index contributed by atoms with van der Waals surface area (Å²) < 4.78 is 0. The molecule has 0 spiro atoms. The van der Waals surface area contributed by atoms with Gasteiger partial charge in [0.15, 0.2) is 0 Å². The molecule has 5 aromatic rings. The van der Waals surface area contributed by atoms with Crippen LogP contribution in [0.5, 0.6) is 0 Å². The predicted molar refractivity (Wildman–Crippen MR) is 157 cm³/mol. The molecule has 37 heavy (non-hydrogen) atoms. The maximum atomic E-state index is 4.75. The summed E-state index contributed by atoms with van der Waals surface area (Å²) in [6.07, 6.45) is 1.91. The molecule has 0 amide bonds. The Bertz CT molecular complexity index is 1600. The molecule has 3 aromatic carbocycles. The lowest BCUT2D eigenvalue weighted by Crippen LogP contribution is -2.54. The van der Waals surface area contributed by atoms with E-state index in [1.165, 1.54) is 38.7 Å². The lowest BCUT2D eigenvalue weighted by atomic mass is 9.73. The third kappa shape index (κ3) is 3.82. The minimum Gasteiger partial charge on any atom is -0.310 e. The van der Waals surface area contributed by atoms with Crippen LogP contribution >= 0.6 is 0 Å². The van der Waals surface area contributed by atoms with Gasteiger partial charge in [0, 0.05) is 33.9 Å². The molecule has 1 N–H and O–H groups in total. The van der Waals surface area contributed by atoms with E-state index in [4.69, 9.17) is 4.98 Å². The highest BCUT2D eigenvalue weighted by Gasteiger charge is 2.37. The Hall–Kier alpha value is -3.96. The summed E-state index contributed by atoms with van der Waals surface area (Å²) in [5.41, 5.74) is 9.27. The van der Waals surface area contributed by atoms with Crippen LogP contribution in [0.15, 0.2) is 97.2 Å². The van der Waals surface area contributed by atoms with Crippen molar-refractivity contribution >= 4 is 35.6 Å². The zero-order valence-electron chi connectivity index (χ0n) is 22.1. The summed E-state index contributed by atoms with van der Waals surface area (Å²) in [6.45, 7) is 11.5. The zero-order chi connectivity index (χ0) is 25.8. The van der Waals surface area contributed by atoms with Gasteiger partial charge in [-0.2, -0.15) is 5.10 Å². The van der Waals surface area contributed by atoms with Crippen molar-refractivity contribution in [2.75, 3.05) is 4.90 Å². The van der Waals surface area contributed by atoms with E-state index < -0.39 is 8.07 Å². The second kappa shape index (κ2) is 8.56. The number of fused-ring (bicyclic) bond motifs is 2. The number of nitrogens with zero attached hydrogens (tertiary/aromatic N) is 3. The molecule has 0 saturated carbocycles. The van der Waals surface area contributed by atoms with Gasteiger partial charge in [0.05, 0.1) is 17.1 Å². The molecular weight excluding hydrogens is 468 g/mol. The van der Waals surface area contributed by atoms with Crippen LogP contribution in [0.25, 0.3) is 11.3 Å². The van der Waals surface area contributed by atoms with Crippen LogP contribution < -0.4 is 15.4 Å². The Labute approximate surface area is 220 Å². The van der Waals surface area contributed by atoms with Crippen molar-refractivity contribution < 1.29 is 0 Å². The lowest BCUT2D eigenvalue weighted by molar-refractivity contribution is 0.632. The average molecular weight is 501 g/mol. The summed E-state index contributed by atoms with van der Waals surface area (Å²) >= 11 is 0. The lowest BCUT2D eigenvalue weighted by Gasteiger charge is -2.42. The third-order valence-corrected chi connectivity index (χ3v) is 11.2. The highest BCUT2D eigenvalue weighted by molar-refractivity contribution is 7.00. The van der Waals surface area contributed by atoms with Crippen molar-refractivity contribution in [3.8, 4) is 11.3 Å². The number of aromatic amines is 1. The van der Waals surface area contributed by atoms with Crippen LogP contribution in [0, 0.1) is 6.92 Å². The van der Waals surface area contributed by atoms with Crippen LogP contribution in [0.3, 0.4) is 0 Å². The quantitative estimate of drug-likeness (QED) is 0.279. The standard InChI is InChI=1S/C32H32N4Si/c1-22-19-28(35-34-22)23-16-17-27-30(20-23)36(29-14-7-6-13-26(29)32(27,2)3)24-11-10-12-25(21-24)37(4,5)31-15-8-9-18-33-31/h6-21H,1-5H3,(H,34,35). The van der Waals surface area contributed by atoms with Crippen LogP contribution in [-0.4, -0.2) is 23.3 Å². The number of hydrogen-bond donors (Lipinski definition) is 1. The number of para-hydroxylation sites is 1. The molecule has 1 aliphatic heterocycles. The second-order valence-electron chi connectivity index (χ2n) is 11.0. The molecule has 1 aliphatic rings. The summed E-state index contributed by atoms with van der Waals surface area (Å²) in [6, 6.07) is 33.1. The molecule has 5 heteroatoms. The largest absolute Gasteiger partial charge is 0.310 e. The van der Waals surface area contributed by atoms with Crippen LogP contribution in [-0.2, 0) is 5.41 Å². The number of nitrogens with one attached hydrogen (secondary N) is 1. The Morgan fingerprint density at radius 1 is 0.784 bits per heavy atom. The van der Waals surface area contributed by atoms with E-state index in [-0.39, 0.29) is 5.41 Å². The minimum absolute atomic E-state index is 0.123. The molecule has 0 bridgehead atoms. The van der Waals surface area contributed by atoms with Crippen molar-refractivity contribution in [2.45, 2.75) is 39.3 Å². The van der Waals surface area contributed by atoms with Gasteiger partial charge in [0.2, 0.25) is 0 Å². The number of hydrogen-bond acceptors (Lipinski definition) is 3. The van der Waals surface area contributed by atoms with Crippen molar-refractivity contribution in [2.24, 2.45) is 0 Å². The molecule has 0 unspecified atom stereocenters. The van der Waals surface area contributed by atoms with Crippen LogP contribution in [0.2, 0.25) is 13.1 Å². The smallest absolute Gasteiger partial charge is 0.135 e. The van der Waals surface area contributed by atoms with Gasteiger partial charge in [-0.25, -0.2) is 0 Å². The Balaban J connectivity index is 1.56. The van der Waals surface area contributed by atoms with Gasteiger partial charge < -0.3 is 4.90 Å². The van der Waals surface area contributed by atoms with Gasteiger partial charge in [-0.05, 0) is 60.5 Å². The minimum atomic E-state index is -1.97. The van der Waals surface area contributed by atoms with E-state index in [9.17, 15) is 0 Å². The van der Waals surface area contributed by atoms with Gasteiger partial charge in [-0.15, -0.1) is 0 Å². The number of anilines is 3. The number of aromatic nitrogens is 3. The summed E-state index contributed by atoms with van der Waals surface area (Å²) in [4.78, 5) is 7.18. The first-order valence-electron chi connectivity index (χ1n) is 12.9. The second-order valence-corrected chi connectivity index (χ2v) is 15.4. The molecule has 3 heterocycles. The molecule has 0 aliphatic carbocycles. The number of pyridine rings is 1. The molecule has 2 aromatic heterocycles. The molecule has 4 nitrogen and oxygen atoms in total. The Kier molecular flexibility index (Phi) is 5.42. The zero-order valence-corrected chi connectivity index (χ0v) is 23.1. The van der Waals surface area contributed by atoms with Crippen LogP contribution in [0.1, 0.15) is 30.7 Å². The molecule has 184 valence electrons. The van der Waals surface area contributed by atoms with Gasteiger partial charge >= 0.3 is 0 Å². The maximum absolute atomic E-state index is 4.75. The summed E-state index contributed by atoms with van der Waals surface area (Å²) in [5.74, 6) is 0. The fourth-order valence-electron chi connectivity index (χ4n) is 5.63. The van der Waals surface area contributed by atoms with Crippen molar-refractivity contribution in [3.63, 3.8) is 0 Å². The van der Waals surface area contributed by atoms with E-state index in [0.717, 1.165) is 17.0 Å². The van der Waals surface area contributed by atoms with Gasteiger partial charge in [-0.3, -0.25) is 10.1 Å². The van der Waals surface area contributed by atoms with Crippen molar-refractivity contribution in [3.05, 3.63) is 114 Å². The van der Waals surface area contributed by atoms with Crippen molar-refractivity contribution in [1.82, 2.24) is 15.2 Å². The molecule has 0 radical (unpaired) electrons. The normalized spacial score (nSPS) is 14.2. The van der Waals surface area contributed by atoms with E-state index in [2.05, 4.69) is 127 Å². The number of rotatable bonds is 4. The average Bonchev–Trinajstić information content (AvgIpc) is 3.35. The molecular formula is C32H32N4Si. The monoisotopic (exact) mass is 500 g/mol. The van der Waals surface area contributed by atoms with Gasteiger partial charge in [0.25, 0.3) is 0 Å². The molecule has 0 atom stereocenters. The third-order valence-electron chi connectivity index (χ3n) is 7.86. The van der Waals surface area contributed by atoms with Crippen molar-refractivity contribution in [1.29, 1.82) is 0 Å². The topological polar surface area (TPSA) is 44.8 Å². The first kappa shape index (κ1) is 23.4. The number of aryl methyl sites for hydroxylation is 1. The van der Waals surface area contributed by atoms with E-state index in [1.54, 1.807) is 0 Å². The fourth-order valence-corrected chi connectivity index (χ4v) is 7.86.